The van der Waals surface area contributed by atoms with Crippen LogP contribution in [0.2, 0.25) is 0 Å². The molecule has 0 N–H and O–H groups in total. The maximum atomic E-state index is 11.9. The highest BCUT2D eigenvalue weighted by atomic mass is 16.6. The van der Waals surface area contributed by atoms with Gasteiger partial charge in [-0.05, 0) is 40.0 Å². The number of likely N-dealkylation sites (tertiary alicyclic amines) is 1. The van der Waals surface area contributed by atoms with E-state index in [4.69, 9.17) is 4.74 Å². The fraction of sp³-hybridized carbons (Fsp3) is 0.692. The van der Waals surface area contributed by atoms with Gasteiger partial charge in [0, 0.05) is 12.5 Å². The summed E-state index contributed by atoms with van der Waals surface area (Å²) in [6.07, 6.45) is 4.02. The van der Waals surface area contributed by atoms with Crippen molar-refractivity contribution in [2.75, 3.05) is 0 Å². The molecule has 0 aromatic heterocycles. The fourth-order valence-electron chi connectivity index (χ4n) is 1.89. The van der Waals surface area contributed by atoms with Crippen LogP contribution >= 0.6 is 0 Å². The number of nitrogens with zero attached hydrogens (tertiary/aromatic N) is 1. The average molecular weight is 239 g/mol. The van der Waals surface area contributed by atoms with Crippen molar-refractivity contribution < 1.29 is 14.3 Å². The minimum Gasteiger partial charge on any atom is -0.443 e. The van der Waals surface area contributed by atoms with Crippen molar-refractivity contribution in [2.24, 2.45) is 0 Å². The molecule has 4 heteroatoms. The molecule has 96 valence electrons. The topological polar surface area (TPSA) is 46.6 Å². The van der Waals surface area contributed by atoms with Crippen LogP contribution in [0.1, 0.15) is 46.5 Å². The lowest BCUT2D eigenvalue weighted by molar-refractivity contribution is -0.128. The predicted molar refractivity (Wildman–Crippen MR) is 65.5 cm³/mol. The molecule has 0 spiro atoms. The molecule has 2 amide bonds. The molecule has 0 bridgehead atoms. The highest BCUT2D eigenvalue weighted by molar-refractivity contribution is 5.94. The minimum atomic E-state index is -0.567. The number of carbonyl (C=O) groups excluding carboxylic acids is 2. The lowest BCUT2D eigenvalue weighted by atomic mass is 10.1. The van der Waals surface area contributed by atoms with Gasteiger partial charge >= 0.3 is 6.09 Å². The molecule has 17 heavy (non-hydrogen) atoms. The first-order chi connectivity index (χ1) is 7.85. The van der Waals surface area contributed by atoms with E-state index < -0.39 is 11.7 Å². The molecule has 1 heterocycles. The summed E-state index contributed by atoms with van der Waals surface area (Å²) in [5.41, 5.74) is -0.567. The van der Waals surface area contributed by atoms with Crippen LogP contribution in [0, 0.1) is 0 Å². The van der Waals surface area contributed by atoms with Crippen LogP contribution in [0.4, 0.5) is 4.79 Å². The summed E-state index contributed by atoms with van der Waals surface area (Å²) >= 11 is 0. The van der Waals surface area contributed by atoms with Crippen molar-refractivity contribution in [1.82, 2.24) is 4.90 Å². The molecule has 1 atom stereocenters. The number of allylic oxidation sites excluding steroid dienone is 1. The number of hydrogen-bond donors (Lipinski definition) is 0. The standard InChI is InChI=1S/C13H21NO3/c1-5-6-7-10-8-9-11(15)14(10)12(16)17-13(2,3)4/h5,10H,1,6-9H2,2-4H3/t10-/m1/s1. The van der Waals surface area contributed by atoms with Gasteiger partial charge in [-0.15, -0.1) is 6.58 Å². The van der Waals surface area contributed by atoms with E-state index in [0.29, 0.717) is 6.42 Å². The molecule has 0 aromatic carbocycles. The van der Waals surface area contributed by atoms with E-state index in [1.807, 2.05) is 0 Å². The maximum absolute atomic E-state index is 11.9. The van der Waals surface area contributed by atoms with Gasteiger partial charge in [0.15, 0.2) is 0 Å². The normalized spacial score (nSPS) is 20.5. The Kier molecular flexibility index (Phi) is 4.32. The highest BCUT2D eigenvalue weighted by Crippen LogP contribution is 2.25. The lowest BCUT2D eigenvalue weighted by Crippen LogP contribution is -2.42. The first kappa shape index (κ1) is 13.7. The van der Waals surface area contributed by atoms with E-state index in [1.54, 1.807) is 26.8 Å². The van der Waals surface area contributed by atoms with Gasteiger partial charge in [0.05, 0.1) is 0 Å². The fourth-order valence-corrected chi connectivity index (χ4v) is 1.89. The molecule has 0 radical (unpaired) electrons. The van der Waals surface area contributed by atoms with E-state index in [1.165, 1.54) is 4.90 Å². The molecule has 1 aliphatic heterocycles. The molecule has 1 saturated heterocycles. The van der Waals surface area contributed by atoms with Crippen LogP contribution in [-0.4, -0.2) is 28.5 Å². The van der Waals surface area contributed by atoms with Gasteiger partial charge in [-0.25, -0.2) is 9.69 Å². The maximum Gasteiger partial charge on any atom is 0.417 e. The van der Waals surface area contributed by atoms with Crippen LogP contribution in [0.5, 0.6) is 0 Å². The first-order valence-electron chi connectivity index (χ1n) is 6.01. The van der Waals surface area contributed by atoms with Gasteiger partial charge in [-0.1, -0.05) is 6.08 Å². The summed E-state index contributed by atoms with van der Waals surface area (Å²) in [6, 6.07) is -0.0321. The third-order valence-corrected chi connectivity index (χ3v) is 2.62. The average Bonchev–Trinajstić information content (AvgIpc) is 2.54. The van der Waals surface area contributed by atoms with Crippen molar-refractivity contribution in [3.8, 4) is 0 Å². The van der Waals surface area contributed by atoms with Gasteiger partial charge in [-0.3, -0.25) is 4.79 Å². The Morgan fingerprint density at radius 1 is 1.59 bits per heavy atom. The second-order valence-electron chi connectivity index (χ2n) is 5.30. The summed E-state index contributed by atoms with van der Waals surface area (Å²) in [6.45, 7) is 9.04. The molecule has 1 rings (SSSR count). The van der Waals surface area contributed by atoms with Gasteiger partial charge in [0.25, 0.3) is 0 Å². The number of carbonyl (C=O) groups is 2. The van der Waals surface area contributed by atoms with Crippen LogP contribution < -0.4 is 0 Å². The Balaban J connectivity index is 2.67. The van der Waals surface area contributed by atoms with Crippen molar-refractivity contribution in [2.45, 2.75) is 58.1 Å². The molecular weight excluding hydrogens is 218 g/mol. The Morgan fingerprint density at radius 2 is 2.24 bits per heavy atom. The van der Waals surface area contributed by atoms with Crippen LogP contribution in [0.25, 0.3) is 0 Å². The van der Waals surface area contributed by atoms with Gasteiger partial charge < -0.3 is 4.74 Å². The smallest absolute Gasteiger partial charge is 0.417 e. The first-order valence-corrected chi connectivity index (χ1v) is 6.01. The van der Waals surface area contributed by atoms with Crippen LogP contribution in [0.3, 0.4) is 0 Å². The Bertz CT molecular complexity index is 317. The Hall–Kier alpha value is -1.32. The van der Waals surface area contributed by atoms with Crippen molar-refractivity contribution in [1.29, 1.82) is 0 Å². The van der Waals surface area contributed by atoms with Gasteiger partial charge in [-0.2, -0.15) is 0 Å². The zero-order valence-corrected chi connectivity index (χ0v) is 10.9. The number of amides is 2. The summed E-state index contributed by atoms with van der Waals surface area (Å²) in [7, 11) is 0. The SMILES string of the molecule is C=CCC[C@@H]1CCC(=O)N1C(=O)OC(C)(C)C. The molecule has 1 fully saturated rings. The molecule has 1 aliphatic rings. The van der Waals surface area contributed by atoms with Crippen molar-refractivity contribution >= 4 is 12.0 Å². The molecular formula is C13H21NO3. The summed E-state index contributed by atoms with van der Waals surface area (Å²) in [4.78, 5) is 24.8. The van der Waals surface area contributed by atoms with Gasteiger partial charge in [0.1, 0.15) is 5.60 Å². The zero-order valence-electron chi connectivity index (χ0n) is 10.9. The summed E-state index contributed by atoms with van der Waals surface area (Å²) in [5, 5.41) is 0. The van der Waals surface area contributed by atoms with Crippen molar-refractivity contribution in [3.63, 3.8) is 0 Å². The third kappa shape index (κ3) is 3.88. The quantitative estimate of drug-likeness (QED) is 0.711. The highest BCUT2D eigenvalue weighted by Gasteiger charge is 2.37. The summed E-state index contributed by atoms with van der Waals surface area (Å²) < 4.78 is 5.24. The monoisotopic (exact) mass is 239 g/mol. The number of hydrogen-bond acceptors (Lipinski definition) is 3. The lowest BCUT2D eigenvalue weighted by Gasteiger charge is -2.27. The van der Waals surface area contributed by atoms with E-state index in [-0.39, 0.29) is 11.9 Å². The Morgan fingerprint density at radius 3 is 2.76 bits per heavy atom. The Labute approximate surface area is 103 Å². The summed E-state index contributed by atoms with van der Waals surface area (Å²) in [5.74, 6) is -0.131. The molecule has 0 aromatic rings. The van der Waals surface area contributed by atoms with E-state index in [0.717, 1.165) is 19.3 Å². The van der Waals surface area contributed by atoms with E-state index in [2.05, 4.69) is 6.58 Å². The van der Waals surface area contributed by atoms with Crippen LogP contribution in [0.15, 0.2) is 12.7 Å². The number of imide groups is 1. The second-order valence-corrected chi connectivity index (χ2v) is 5.30. The zero-order chi connectivity index (χ0) is 13.1. The predicted octanol–water partition coefficient (Wildman–Crippen LogP) is 2.88. The van der Waals surface area contributed by atoms with E-state index in [9.17, 15) is 9.59 Å². The molecule has 0 unspecified atom stereocenters. The molecule has 4 nitrogen and oxygen atoms in total. The van der Waals surface area contributed by atoms with Crippen molar-refractivity contribution in [3.05, 3.63) is 12.7 Å². The molecule has 0 saturated carbocycles. The third-order valence-electron chi connectivity index (χ3n) is 2.62. The second kappa shape index (κ2) is 5.34. The number of ether oxygens (including phenoxy) is 1. The van der Waals surface area contributed by atoms with E-state index >= 15 is 0 Å². The largest absolute Gasteiger partial charge is 0.443 e. The van der Waals surface area contributed by atoms with Gasteiger partial charge in [0.2, 0.25) is 5.91 Å². The van der Waals surface area contributed by atoms with Crippen LogP contribution in [-0.2, 0) is 9.53 Å². The minimum absolute atomic E-state index is 0.0321. The number of rotatable bonds is 3. The molecule has 0 aliphatic carbocycles.